The molecule has 0 atom stereocenters. The Labute approximate surface area is 156 Å². The number of sulfonamides is 1. The highest BCUT2D eigenvalue weighted by molar-refractivity contribution is 7.89. The van der Waals surface area contributed by atoms with E-state index in [1.54, 1.807) is 16.8 Å². The standard InChI is InChI=1S/C17H20N4O3S2/c1-12-9-13(2)21(20-12)17-19-14(11-25-17)7-8-18-26(22,23)16-6-4-5-15(10-16)24-3/h4-6,9-11,18H,7-8H2,1-3H3. The molecule has 26 heavy (non-hydrogen) atoms. The van der Waals surface area contributed by atoms with Crippen molar-refractivity contribution in [2.24, 2.45) is 0 Å². The molecule has 2 aromatic heterocycles. The van der Waals surface area contributed by atoms with Crippen LogP contribution in [0.15, 0.2) is 40.6 Å². The van der Waals surface area contributed by atoms with Crippen molar-refractivity contribution in [3.63, 3.8) is 0 Å². The first-order valence-corrected chi connectivity index (χ1v) is 10.4. The third-order valence-corrected chi connectivity index (χ3v) is 6.08. The van der Waals surface area contributed by atoms with Crippen LogP contribution in [0.5, 0.6) is 5.75 Å². The van der Waals surface area contributed by atoms with Crippen LogP contribution in [0.4, 0.5) is 0 Å². The molecule has 2 heterocycles. The molecule has 0 fully saturated rings. The van der Waals surface area contributed by atoms with Crippen molar-refractivity contribution in [3.8, 4) is 10.9 Å². The van der Waals surface area contributed by atoms with Crippen LogP contribution in [0.1, 0.15) is 17.1 Å². The monoisotopic (exact) mass is 392 g/mol. The summed E-state index contributed by atoms with van der Waals surface area (Å²) in [5, 5.41) is 7.11. The highest BCUT2D eigenvalue weighted by Crippen LogP contribution is 2.18. The molecular formula is C17H20N4O3S2. The number of hydrogen-bond acceptors (Lipinski definition) is 6. The van der Waals surface area contributed by atoms with Gasteiger partial charge in [-0.3, -0.25) is 0 Å². The van der Waals surface area contributed by atoms with E-state index in [1.807, 2.05) is 25.3 Å². The lowest BCUT2D eigenvalue weighted by atomic mass is 10.3. The van der Waals surface area contributed by atoms with Crippen molar-refractivity contribution >= 4 is 21.4 Å². The first kappa shape index (κ1) is 18.6. The first-order valence-electron chi connectivity index (χ1n) is 8.01. The minimum absolute atomic E-state index is 0.179. The van der Waals surface area contributed by atoms with Crippen LogP contribution in [0, 0.1) is 13.8 Å². The van der Waals surface area contributed by atoms with Crippen molar-refractivity contribution in [2.75, 3.05) is 13.7 Å². The van der Waals surface area contributed by atoms with Gasteiger partial charge in [-0.15, -0.1) is 11.3 Å². The summed E-state index contributed by atoms with van der Waals surface area (Å²) in [6, 6.07) is 8.37. The van der Waals surface area contributed by atoms with Gasteiger partial charge in [0.05, 0.1) is 23.4 Å². The van der Waals surface area contributed by atoms with Gasteiger partial charge in [0.1, 0.15) is 5.75 Å². The molecular weight excluding hydrogens is 372 g/mol. The molecule has 138 valence electrons. The van der Waals surface area contributed by atoms with Crippen LogP contribution in [0.3, 0.4) is 0 Å². The average molecular weight is 393 g/mol. The molecule has 0 amide bonds. The maximum Gasteiger partial charge on any atom is 0.240 e. The highest BCUT2D eigenvalue weighted by atomic mass is 32.2. The van der Waals surface area contributed by atoms with E-state index in [1.165, 1.54) is 30.6 Å². The van der Waals surface area contributed by atoms with Gasteiger partial charge in [0, 0.05) is 30.1 Å². The van der Waals surface area contributed by atoms with Crippen molar-refractivity contribution in [1.29, 1.82) is 0 Å². The zero-order valence-electron chi connectivity index (χ0n) is 14.8. The third-order valence-electron chi connectivity index (χ3n) is 3.76. The average Bonchev–Trinajstić information content (AvgIpc) is 3.20. The molecule has 3 aromatic rings. The minimum Gasteiger partial charge on any atom is -0.497 e. The van der Waals surface area contributed by atoms with Crippen molar-refractivity contribution in [1.82, 2.24) is 19.5 Å². The van der Waals surface area contributed by atoms with Crippen molar-refractivity contribution in [2.45, 2.75) is 25.2 Å². The smallest absolute Gasteiger partial charge is 0.240 e. The van der Waals surface area contributed by atoms with E-state index in [0.29, 0.717) is 12.2 Å². The third kappa shape index (κ3) is 4.12. The van der Waals surface area contributed by atoms with Crippen LogP contribution >= 0.6 is 11.3 Å². The molecule has 0 aliphatic rings. The number of rotatable bonds is 7. The lowest BCUT2D eigenvalue weighted by Gasteiger charge is -2.07. The second-order valence-electron chi connectivity index (χ2n) is 5.79. The van der Waals surface area contributed by atoms with Crippen molar-refractivity contribution in [3.05, 3.63) is 52.8 Å². The van der Waals surface area contributed by atoms with Crippen LogP contribution in [0.2, 0.25) is 0 Å². The Kier molecular flexibility index (Phi) is 5.40. The minimum atomic E-state index is -3.58. The van der Waals surface area contributed by atoms with Crippen molar-refractivity contribution < 1.29 is 13.2 Å². The molecule has 1 aromatic carbocycles. The summed E-state index contributed by atoms with van der Waals surface area (Å²) in [6.07, 6.45) is 0.499. The number of thiazole rings is 1. The van der Waals surface area contributed by atoms with Gasteiger partial charge in [-0.25, -0.2) is 22.8 Å². The Hall–Kier alpha value is -2.23. The van der Waals surface area contributed by atoms with Gasteiger partial charge >= 0.3 is 0 Å². The summed E-state index contributed by atoms with van der Waals surface area (Å²) >= 11 is 1.48. The fourth-order valence-corrected chi connectivity index (χ4v) is 4.43. The quantitative estimate of drug-likeness (QED) is 0.668. The molecule has 1 N–H and O–H groups in total. The molecule has 0 saturated heterocycles. The second kappa shape index (κ2) is 7.56. The SMILES string of the molecule is COc1cccc(S(=O)(=O)NCCc2csc(-n3nc(C)cc3C)n2)c1. The molecule has 0 aliphatic heterocycles. The molecule has 0 bridgehead atoms. The molecule has 0 saturated carbocycles. The van der Waals surface area contributed by atoms with Crippen LogP contribution in [-0.4, -0.2) is 36.8 Å². The number of aryl methyl sites for hydroxylation is 2. The van der Waals surface area contributed by atoms with Crippen LogP contribution in [0.25, 0.3) is 5.13 Å². The Morgan fingerprint density at radius 3 is 2.77 bits per heavy atom. The maximum absolute atomic E-state index is 12.4. The molecule has 3 rings (SSSR count). The van der Waals surface area contributed by atoms with Gasteiger partial charge in [0.15, 0.2) is 0 Å². The van der Waals surface area contributed by atoms with Gasteiger partial charge in [0.2, 0.25) is 15.2 Å². The zero-order valence-corrected chi connectivity index (χ0v) is 16.4. The zero-order chi connectivity index (χ0) is 18.7. The summed E-state index contributed by atoms with van der Waals surface area (Å²) in [4.78, 5) is 4.72. The van der Waals surface area contributed by atoms with Gasteiger partial charge in [-0.05, 0) is 32.0 Å². The number of aromatic nitrogens is 3. The van der Waals surface area contributed by atoms with Gasteiger partial charge in [0.25, 0.3) is 0 Å². The number of nitrogens with zero attached hydrogens (tertiary/aromatic N) is 3. The topological polar surface area (TPSA) is 86.1 Å². The molecule has 9 heteroatoms. The maximum atomic E-state index is 12.4. The predicted octanol–water partition coefficient (Wildman–Crippen LogP) is 2.48. The lowest BCUT2D eigenvalue weighted by molar-refractivity contribution is 0.413. The van der Waals surface area contributed by atoms with E-state index in [2.05, 4.69) is 14.8 Å². The summed E-state index contributed by atoms with van der Waals surface area (Å²) < 4.78 is 34.2. The predicted molar refractivity (Wildman–Crippen MR) is 101 cm³/mol. The number of ether oxygens (including phenoxy) is 1. The number of methoxy groups -OCH3 is 1. The van der Waals surface area contributed by atoms with E-state index in [9.17, 15) is 8.42 Å². The largest absolute Gasteiger partial charge is 0.497 e. The highest BCUT2D eigenvalue weighted by Gasteiger charge is 2.15. The number of hydrogen-bond donors (Lipinski definition) is 1. The molecule has 0 aliphatic carbocycles. The molecule has 0 spiro atoms. The lowest BCUT2D eigenvalue weighted by Crippen LogP contribution is -2.26. The van der Waals surface area contributed by atoms with E-state index in [0.717, 1.165) is 22.2 Å². The summed E-state index contributed by atoms with van der Waals surface area (Å²) in [6.45, 7) is 4.18. The van der Waals surface area contributed by atoms with E-state index >= 15 is 0 Å². The molecule has 0 radical (unpaired) electrons. The number of nitrogens with one attached hydrogen (secondary N) is 1. The van der Waals surface area contributed by atoms with Gasteiger partial charge < -0.3 is 4.74 Å². The first-order chi connectivity index (χ1) is 12.4. The number of benzene rings is 1. The Morgan fingerprint density at radius 2 is 2.08 bits per heavy atom. The molecule has 0 unspecified atom stereocenters. The fourth-order valence-electron chi connectivity index (χ4n) is 2.50. The molecule has 7 nitrogen and oxygen atoms in total. The Balaban J connectivity index is 1.64. The van der Waals surface area contributed by atoms with Gasteiger partial charge in [-0.2, -0.15) is 5.10 Å². The normalized spacial score (nSPS) is 11.7. The fraction of sp³-hybridized carbons (Fsp3) is 0.294. The van der Waals surface area contributed by atoms with E-state index in [4.69, 9.17) is 4.74 Å². The van der Waals surface area contributed by atoms with Crippen LogP contribution < -0.4 is 9.46 Å². The van der Waals surface area contributed by atoms with Gasteiger partial charge in [-0.1, -0.05) is 6.07 Å². The van der Waals surface area contributed by atoms with E-state index in [-0.39, 0.29) is 11.4 Å². The summed E-state index contributed by atoms with van der Waals surface area (Å²) in [5.74, 6) is 0.502. The van der Waals surface area contributed by atoms with E-state index < -0.39 is 10.0 Å². The van der Waals surface area contributed by atoms with Crippen LogP contribution in [-0.2, 0) is 16.4 Å². The summed E-state index contributed by atoms with van der Waals surface area (Å²) in [7, 11) is -2.08. The summed E-state index contributed by atoms with van der Waals surface area (Å²) in [5.41, 5.74) is 2.78. The Bertz CT molecular complexity index is 1010. The second-order valence-corrected chi connectivity index (χ2v) is 8.39. The Morgan fingerprint density at radius 1 is 1.27 bits per heavy atom.